The molecule has 0 fully saturated rings. The highest BCUT2D eigenvalue weighted by Gasteiger charge is 1.92. The molecule has 2 aromatic rings. The summed E-state index contributed by atoms with van der Waals surface area (Å²) in [5.41, 5.74) is 0.924. The number of halogens is 1. The van der Waals surface area contributed by atoms with Crippen molar-refractivity contribution in [2.24, 2.45) is 0 Å². The molecule has 0 radical (unpaired) electrons. The van der Waals surface area contributed by atoms with Crippen LogP contribution in [-0.2, 0) is 4.79 Å². The first kappa shape index (κ1) is 14.0. The molecule has 0 aliphatic rings. The summed E-state index contributed by atoms with van der Waals surface area (Å²) < 4.78 is 4.46. The van der Waals surface area contributed by atoms with Gasteiger partial charge in [0.25, 0.3) is 6.47 Å². The number of hydrogen-bond donors (Lipinski definition) is 1. The zero-order valence-electron chi connectivity index (χ0n) is 9.71. The maximum absolute atomic E-state index is 9.79. The van der Waals surface area contributed by atoms with Crippen molar-refractivity contribution >= 4 is 18.1 Å². The molecule has 0 bridgehead atoms. The predicted octanol–water partition coefficient (Wildman–Crippen LogP) is 2.97. The van der Waals surface area contributed by atoms with Crippen LogP contribution in [0.5, 0.6) is 11.5 Å². The molecule has 1 aromatic heterocycles. The number of carbonyl (C=O) groups excluding carboxylic acids is 1. The molecule has 0 spiro atoms. The fourth-order valence-electron chi connectivity index (χ4n) is 1.08. The zero-order chi connectivity index (χ0) is 13.4. The lowest BCUT2D eigenvalue weighted by molar-refractivity contribution is -0.120. The van der Waals surface area contributed by atoms with Gasteiger partial charge in [-0.1, -0.05) is 29.8 Å². The summed E-state index contributed by atoms with van der Waals surface area (Å²) in [6, 6.07) is 8.75. The third-order valence-electron chi connectivity index (χ3n) is 1.98. The van der Waals surface area contributed by atoms with Gasteiger partial charge in [-0.3, -0.25) is 9.78 Å². The third-order valence-corrected chi connectivity index (χ3v) is 2.19. The van der Waals surface area contributed by atoms with Crippen molar-refractivity contribution in [3.63, 3.8) is 0 Å². The Labute approximate surface area is 110 Å². The number of rotatable bonds is 2. The number of pyridine rings is 1. The van der Waals surface area contributed by atoms with Crippen molar-refractivity contribution in [2.45, 2.75) is 6.92 Å². The van der Waals surface area contributed by atoms with Gasteiger partial charge in [-0.2, -0.15) is 0 Å². The fraction of sp³-hybridized carbons (Fsp3) is 0.0769. The van der Waals surface area contributed by atoms with Crippen molar-refractivity contribution in [1.82, 2.24) is 4.98 Å². The van der Waals surface area contributed by atoms with E-state index in [2.05, 4.69) is 9.72 Å². The summed E-state index contributed by atoms with van der Waals surface area (Å²) in [5.74, 6) is 0.718. The minimum atomic E-state index is 0.327. The second-order valence-electron chi connectivity index (χ2n) is 3.34. The smallest absolute Gasteiger partial charge is 0.298 e. The Morgan fingerprint density at radius 3 is 2.56 bits per heavy atom. The lowest BCUT2D eigenvalue weighted by Gasteiger charge is -1.94. The maximum Gasteiger partial charge on any atom is 0.298 e. The Balaban J connectivity index is 0.000000184. The Morgan fingerprint density at radius 2 is 2.06 bits per heavy atom. The minimum Gasteiger partial charge on any atom is -0.508 e. The monoisotopic (exact) mass is 265 g/mol. The second kappa shape index (κ2) is 7.29. The summed E-state index contributed by atoms with van der Waals surface area (Å²) in [5, 5.41) is 9.36. The number of phenols is 1. The summed E-state index contributed by atoms with van der Waals surface area (Å²) in [6.07, 6.45) is 2.86. The van der Waals surface area contributed by atoms with Gasteiger partial charge in [0, 0.05) is 12.3 Å². The van der Waals surface area contributed by atoms with E-state index in [-0.39, 0.29) is 0 Å². The highest BCUT2D eigenvalue weighted by Crippen LogP contribution is 2.14. The van der Waals surface area contributed by atoms with E-state index in [0.29, 0.717) is 23.0 Å². The number of aromatic nitrogens is 1. The molecule has 0 aliphatic heterocycles. The van der Waals surface area contributed by atoms with Crippen LogP contribution in [0.2, 0.25) is 5.02 Å². The topological polar surface area (TPSA) is 59.4 Å². The van der Waals surface area contributed by atoms with E-state index in [0.717, 1.165) is 5.56 Å². The maximum atomic E-state index is 9.79. The van der Waals surface area contributed by atoms with Crippen molar-refractivity contribution in [3.8, 4) is 11.5 Å². The molecule has 2 rings (SSSR count). The molecule has 0 atom stereocenters. The van der Waals surface area contributed by atoms with Gasteiger partial charge in [0.1, 0.15) is 11.5 Å². The first-order valence-electron chi connectivity index (χ1n) is 5.09. The molecular weight excluding hydrogens is 254 g/mol. The molecule has 0 aliphatic carbocycles. The van der Waals surface area contributed by atoms with E-state index in [4.69, 9.17) is 16.7 Å². The standard InChI is InChI=1S/C7H8O.C6H4ClNO2/c1-6-4-2-3-5-7(6)8;7-5-1-6(10-4-9)3-8-2-5/h2-5,8H,1H3;1-4H. The van der Waals surface area contributed by atoms with E-state index < -0.39 is 0 Å². The number of benzene rings is 1. The molecule has 0 unspecified atom stereocenters. The Kier molecular flexibility index (Phi) is 5.67. The van der Waals surface area contributed by atoms with E-state index in [1.807, 2.05) is 25.1 Å². The van der Waals surface area contributed by atoms with Crippen LogP contribution in [0, 0.1) is 6.92 Å². The molecule has 1 aromatic carbocycles. The van der Waals surface area contributed by atoms with E-state index in [1.165, 1.54) is 18.5 Å². The van der Waals surface area contributed by atoms with Crippen LogP contribution in [0.1, 0.15) is 5.56 Å². The van der Waals surface area contributed by atoms with Gasteiger partial charge < -0.3 is 9.84 Å². The Bertz CT molecular complexity index is 496. The number of aromatic hydroxyl groups is 1. The van der Waals surface area contributed by atoms with Crippen LogP contribution in [0.3, 0.4) is 0 Å². The molecule has 4 nitrogen and oxygen atoms in total. The SMILES string of the molecule is Cc1ccccc1O.O=COc1cncc(Cl)c1. The highest BCUT2D eigenvalue weighted by molar-refractivity contribution is 6.30. The molecule has 0 saturated heterocycles. The number of nitrogens with zero attached hydrogens (tertiary/aromatic N) is 1. The molecule has 1 heterocycles. The zero-order valence-corrected chi connectivity index (χ0v) is 10.5. The minimum absolute atomic E-state index is 0.327. The van der Waals surface area contributed by atoms with Gasteiger partial charge in [-0.25, -0.2) is 0 Å². The van der Waals surface area contributed by atoms with Gasteiger partial charge >= 0.3 is 0 Å². The van der Waals surface area contributed by atoms with Gasteiger partial charge in [0.05, 0.1) is 11.2 Å². The summed E-state index contributed by atoms with van der Waals surface area (Å²) >= 11 is 5.52. The Morgan fingerprint density at radius 1 is 1.33 bits per heavy atom. The van der Waals surface area contributed by atoms with Crippen molar-refractivity contribution < 1.29 is 14.6 Å². The lowest BCUT2D eigenvalue weighted by Crippen LogP contribution is -1.88. The van der Waals surface area contributed by atoms with E-state index >= 15 is 0 Å². The number of ether oxygens (including phenoxy) is 1. The average Bonchev–Trinajstić information content (AvgIpc) is 2.34. The second-order valence-corrected chi connectivity index (χ2v) is 3.78. The fourth-order valence-corrected chi connectivity index (χ4v) is 1.24. The van der Waals surface area contributed by atoms with Crippen LogP contribution in [0.25, 0.3) is 0 Å². The molecular formula is C13H12ClNO3. The first-order chi connectivity index (χ1) is 8.63. The van der Waals surface area contributed by atoms with Crippen LogP contribution in [0.15, 0.2) is 42.7 Å². The largest absolute Gasteiger partial charge is 0.508 e. The van der Waals surface area contributed by atoms with Gasteiger partial charge in [-0.05, 0) is 18.6 Å². The average molecular weight is 266 g/mol. The van der Waals surface area contributed by atoms with Crippen LogP contribution in [0.4, 0.5) is 0 Å². The molecule has 0 saturated carbocycles. The number of para-hydroxylation sites is 1. The lowest BCUT2D eigenvalue weighted by atomic mass is 10.2. The van der Waals surface area contributed by atoms with Gasteiger partial charge in [0.2, 0.25) is 0 Å². The van der Waals surface area contributed by atoms with Crippen LogP contribution < -0.4 is 4.74 Å². The number of hydrogen-bond acceptors (Lipinski definition) is 4. The summed E-state index contributed by atoms with van der Waals surface area (Å²) in [7, 11) is 0. The molecule has 94 valence electrons. The van der Waals surface area contributed by atoms with E-state index in [9.17, 15) is 4.79 Å². The molecule has 0 amide bonds. The summed E-state index contributed by atoms with van der Waals surface area (Å²) in [6.45, 7) is 2.20. The molecule has 18 heavy (non-hydrogen) atoms. The van der Waals surface area contributed by atoms with Crippen LogP contribution in [-0.4, -0.2) is 16.6 Å². The number of aryl methyl sites for hydroxylation is 1. The summed E-state index contributed by atoms with van der Waals surface area (Å²) in [4.78, 5) is 13.5. The molecule has 1 N–H and O–H groups in total. The third kappa shape index (κ3) is 4.84. The van der Waals surface area contributed by atoms with Gasteiger partial charge in [-0.15, -0.1) is 0 Å². The number of phenolic OH excluding ortho intramolecular Hbond substituents is 1. The van der Waals surface area contributed by atoms with Crippen molar-refractivity contribution in [1.29, 1.82) is 0 Å². The predicted molar refractivity (Wildman–Crippen MR) is 68.8 cm³/mol. The quantitative estimate of drug-likeness (QED) is 0.848. The van der Waals surface area contributed by atoms with E-state index in [1.54, 1.807) is 6.07 Å². The first-order valence-corrected chi connectivity index (χ1v) is 5.46. The van der Waals surface area contributed by atoms with Crippen molar-refractivity contribution in [2.75, 3.05) is 0 Å². The highest BCUT2D eigenvalue weighted by atomic mass is 35.5. The molecule has 5 heteroatoms. The Hall–Kier alpha value is -2.07. The number of carbonyl (C=O) groups is 1. The van der Waals surface area contributed by atoms with Crippen molar-refractivity contribution in [3.05, 3.63) is 53.3 Å². The van der Waals surface area contributed by atoms with Gasteiger partial charge in [0.15, 0.2) is 0 Å². The van der Waals surface area contributed by atoms with Crippen LogP contribution >= 0.6 is 11.6 Å². The normalized spacial score (nSPS) is 9.00.